The SMILES string of the molecule is C[C@H](COc1ncc(F)cc1[C@H]1CCCN1c1ccc2[nH]cnc2n1)NC(=O)O. The molecule has 2 atom stereocenters. The molecule has 9 nitrogen and oxygen atoms in total. The molecule has 1 fully saturated rings. The highest BCUT2D eigenvalue weighted by atomic mass is 19.1. The van der Waals surface area contributed by atoms with Crippen LogP contribution in [-0.4, -0.2) is 50.3 Å². The van der Waals surface area contributed by atoms with Gasteiger partial charge in [-0.15, -0.1) is 0 Å². The number of carboxylic acid groups (broad SMARTS) is 1. The van der Waals surface area contributed by atoms with Gasteiger partial charge < -0.3 is 25.0 Å². The summed E-state index contributed by atoms with van der Waals surface area (Å²) < 4.78 is 19.8. The molecule has 4 rings (SSSR count). The van der Waals surface area contributed by atoms with Gasteiger partial charge >= 0.3 is 6.09 Å². The van der Waals surface area contributed by atoms with Crippen molar-refractivity contribution in [3.63, 3.8) is 0 Å². The lowest BCUT2D eigenvalue weighted by molar-refractivity contribution is 0.182. The van der Waals surface area contributed by atoms with Crippen LogP contribution in [0, 0.1) is 5.82 Å². The van der Waals surface area contributed by atoms with Gasteiger partial charge in [-0.1, -0.05) is 0 Å². The van der Waals surface area contributed by atoms with E-state index >= 15 is 0 Å². The van der Waals surface area contributed by atoms with Gasteiger partial charge in [0.1, 0.15) is 18.2 Å². The van der Waals surface area contributed by atoms with Crippen LogP contribution < -0.4 is 15.0 Å². The van der Waals surface area contributed by atoms with Crippen molar-refractivity contribution in [1.29, 1.82) is 0 Å². The number of imidazole rings is 1. The second-order valence-electron chi connectivity index (χ2n) is 7.00. The number of rotatable bonds is 6. The van der Waals surface area contributed by atoms with Crippen molar-refractivity contribution in [2.24, 2.45) is 0 Å². The van der Waals surface area contributed by atoms with E-state index in [1.165, 1.54) is 6.07 Å². The Balaban J connectivity index is 1.60. The first-order chi connectivity index (χ1) is 14.0. The first-order valence-electron chi connectivity index (χ1n) is 9.35. The Morgan fingerprint density at radius 3 is 3.17 bits per heavy atom. The summed E-state index contributed by atoms with van der Waals surface area (Å²) in [7, 11) is 0. The number of nitrogens with zero attached hydrogens (tertiary/aromatic N) is 4. The summed E-state index contributed by atoms with van der Waals surface area (Å²) in [5.41, 5.74) is 2.09. The van der Waals surface area contributed by atoms with E-state index in [1.54, 1.807) is 13.3 Å². The minimum absolute atomic E-state index is 0.0854. The minimum Gasteiger partial charge on any atom is -0.475 e. The molecule has 3 N–H and O–H groups in total. The Hall–Kier alpha value is -3.43. The molecule has 0 aromatic carbocycles. The summed E-state index contributed by atoms with van der Waals surface area (Å²) in [6.45, 7) is 2.53. The van der Waals surface area contributed by atoms with Crippen molar-refractivity contribution < 1.29 is 19.0 Å². The number of fused-ring (bicyclic) bond motifs is 1. The van der Waals surface area contributed by atoms with Gasteiger partial charge in [0.2, 0.25) is 5.88 Å². The van der Waals surface area contributed by atoms with Gasteiger partial charge in [-0.25, -0.2) is 24.1 Å². The molecule has 0 bridgehead atoms. The molecule has 0 aliphatic carbocycles. The summed E-state index contributed by atoms with van der Waals surface area (Å²) in [6.07, 6.45) is 3.28. The van der Waals surface area contributed by atoms with Crippen molar-refractivity contribution in [3.8, 4) is 5.88 Å². The van der Waals surface area contributed by atoms with E-state index in [2.05, 4.69) is 30.2 Å². The second-order valence-corrected chi connectivity index (χ2v) is 7.00. The fourth-order valence-electron chi connectivity index (χ4n) is 3.59. The average molecular weight is 400 g/mol. The van der Waals surface area contributed by atoms with Crippen LogP contribution in [0.5, 0.6) is 5.88 Å². The molecule has 3 aromatic heterocycles. The highest BCUT2D eigenvalue weighted by Gasteiger charge is 2.31. The summed E-state index contributed by atoms with van der Waals surface area (Å²) in [5, 5.41) is 11.1. The van der Waals surface area contributed by atoms with Crippen LogP contribution >= 0.6 is 0 Å². The number of halogens is 1. The van der Waals surface area contributed by atoms with Crippen LogP contribution in [0.15, 0.2) is 30.7 Å². The van der Waals surface area contributed by atoms with Gasteiger partial charge in [0, 0.05) is 12.1 Å². The Morgan fingerprint density at radius 1 is 1.48 bits per heavy atom. The number of carbonyl (C=O) groups is 1. The molecule has 0 unspecified atom stereocenters. The highest BCUT2D eigenvalue weighted by molar-refractivity contribution is 5.72. The predicted molar refractivity (Wildman–Crippen MR) is 104 cm³/mol. The third kappa shape index (κ3) is 4.05. The minimum atomic E-state index is -1.13. The highest BCUT2D eigenvalue weighted by Crippen LogP contribution is 2.39. The Kier molecular flexibility index (Phi) is 5.15. The number of nitrogens with one attached hydrogen (secondary N) is 2. The third-order valence-electron chi connectivity index (χ3n) is 4.86. The molecular formula is C19H21FN6O3. The van der Waals surface area contributed by atoms with E-state index in [9.17, 15) is 9.18 Å². The summed E-state index contributed by atoms with van der Waals surface area (Å²) >= 11 is 0. The fraction of sp³-hybridized carbons (Fsp3) is 0.368. The van der Waals surface area contributed by atoms with Crippen molar-refractivity contribution in [2.75, 3.05) is 18.1 Å². The van der Waals surface area contributed by atoms with Gasteiger partial charge in [0.05, 0.1) is 30.1 Å². The zero-order chi connectivity index (χ0) is 20.4. The van der Waals surface area contributed by atoms with Gasteiger partial charge in [0.25, 0.3) is 0 Å². The molecule has 0 spiro atoms. The van der Waals surface area contributed by atoms with Gasteiger partial charge in [-0.3, -0.25) is 0 Å². The molecular weight excluding hydrogens is 379 g/mol. The number of anilines is 1. The fourth-order valence-corrected chi connectivity index (χ4v) is 3.59. The Morgan fingerprint density at radius 2 is 2.34 bits per heavy atom. The number of hydrogen-bond donors (Lipinski definition) is 3. The van der Waals surface area contributed by atoms with E-state index in [4.69, 9.17) is 9.84 Å². The molecule has 3 aromatic rings. The molecule has 0 saturated carbocycles. The van der Waals surface area contributed by atoms with Gasteiger partial charge in [0.15, 0.2) is 5.65 Å². The van der Waals surface area contributed by atoms with E-state index in [0.717, 1.165) is 36.9 Å². The standard InChI is InChI=1S/C19H21FN6O3/c1-11(24-19(27)28)9-29-18-13(7-12(20)8-21-18)15-3-2-6-26(15)16-5-4-14-17(25-16)23-10-22-14/h4-5,7-8,10-11,15,24H,2-3,6,9H2,1H3,(H,27,28)(H,22,23,25)/t11-,15-/m1/s1. The smallest absolute Gasteiger partial charge is 0.404 e. The zero-order valence-electron chi connectivity index (χ0n) is 15.8. The maximum Gasteiger partial charge on any atom is 0.404 e. The monoisotopic (exact) mass is 400 g/mol. The lowest BCUT2D eigenvalue weighted by atomic mass is 10.1. The van der Waals surface area contributed by atoms with Crippen molar-refractivity contribution in [1.82, 2.24) is 25.3 Å². The predicted octanol–water partition coefficient (Wildman–Crippen LogP) is 2.87. The maximum absolute atomic E-state index is 14.0. The Labute approximate surface area is 165 Å². The average Bonchev–Trinajstić information content (AvgIpc) is 3.35. The lowest BCUT2D eigenvalue weighted by Gasteiger charge is -2.27. The van der Waals surface area contributed by atoms with Crippen molar-refractivity contribution in [2.45, 2.75) is 31.8 Å². The summed E-state index contributed by atoms with van der Waals surface area (Å²) in [6, 6.07) is 4.66. The normalized spacial score (nSPS) is 17.4. The number of ether oxygens (including phenoxy) is 1. The van der Waals surface area contributed by atoms with Crippen LogP contribution in [0.1, 0.15) is 31.4 Å². The molecule has 1 aliphatic heterocycles. The topological polar surface area (TPSA) is 116 Å². The first kappa shape index (κ1) is 18.9. The molecule has 29 heavy (non-hydrogen) atoms. The summed E-state index contributed by atoms with van der Waals surface area (Å²) in [4.78, 5) is 28.8. The number of pyridine rings is 2. The van der Waals surface area contributed by atoms with Crippen LogP contribution in [0.25, 0.3) is 11.2 Å². The van der Waals surface area contributed by atoms with Crippen molar-refractivity contribution in [3.05, 3.63) is 42.1 Å². The quantitative estimate of drug-likeness (QED) is 0.582. The van der Waals surface area contributed by atoms with Gasteiger partial charge in [-0.2, -0.15) is 0 Å². The third-order valence-corrected chi connectivity index (χ3v) is 4.86. The molecule has 0 radical (unpaired) electrons. The summed E-state index contributed by atoms with van der Waals surface area (Å²) in [5.74, 6) is 0.595. The van der Waals surface area contributed by atoms with Crippen molar-refractivity contribution >= 4 is 23.1 Å². The lowest BCUT2D eigenvalue weighted by Crippen LogP contribution is -2.36. The van der Waals surface area contributed by atoms with E-state index in [0.29, 0.717) is 17.1 Å². The number of hydrogen-bond acceptors (Lipinski definition) is 6. The van der Waals surface area contributed by atoms with Gasteiger partial charge in [-0.05, 0) is 38.0 Å². The second kappa shape index (κ2) is 7.90. The molecule has 1 aliphatic rings. The molecule has 4 heterocycles. The van der Waals surface area contributed by atoms with Crippen LogP contribution in [0.4, 0.5) is 15.0 Å². The molecule has 1 saturated heterocycles. The zero-order valence-corrected chi connectivity index (χ0v) is 15.8. The van der Waals surface area contributed by atoms with E-state index in [1.807, 2.05) is 12.1 Å². The number of H-pyrrole nitrogens is 1. The Bertz CT molecular complexity index is 1030. The number of aromatic amines is 1. The van der Waals surface area contributed by atoms with Crippen LogP contribution in [-0.2, 0) is 0 Å². The first-order valence-corrected chi connectivity index (χ1v) is 9.35. The van der Waals surface area contributed by atoms with Crippen LogP contribution in [0.2, 0.25) is 0 Å². The molecule has 1 amide bonds. The van der Waals surface area contributed by atoms with E-state index in [-0.39, 0.29) is 12.6 Å². The maximum atomic E-state index is 14.0. The number of aromatic nitrogens is 4. The largest absolute Gasteiger partial charge is 0.475 e. The molecule has 152 valence electrons. The van der Waals surface area contributed by atoms with Crippen LogP contribution in [0.3, 0.4) is 0 Å². The van der Waals surface area contributed by atoms with E-state index < -0.39 is 18.0 Å². The molecule has 10 heteroatoms. The number of amides is 1.